The highest BCUT2D eigenvalue weighted by atomic mass is 16.2. The molecule has 0 fully saturated rings. The molecular formula is C12H26N2O. The third kappa shape index (κ3) is 4.65. The van der Waals surface area contributed by atoms with Gasteiger partial charge in [0.2, 0.25) is 5.91 Å². The maximum atomic E-state index is 12.1. The average molecular weight is 214 g/mol. The van der Waals surface area contributed by atoms with E-state index >= 15 is 0 Å². The van der Waals surface area contributed by atoms with E-state index in [0.29, 0.717) is 0 Å². The van der Waals surface area contributed by atoms with Gasteiger partial charge in [0.15, 0.2) is 0 Å². The van der Waals surface area contributed by atoms with Gasteiger partial charge < -0.3 is 10.6 Å². The van der Waals surface area contributed by atoms with Crippen molar-refractivity contribution in [1.82, 2.24) is 4.90 Å². The van der Waals surface area contributed by atoms with Gasteiger partial charge in [0, 0.05) is 13.1 Å². The summed E-state index contributed by atoms with van der Waals surface area (Å²) < 4.78 is 0. The summed E-state index contributed by atoms with van der Waals surface area (Å²) in [5, 5.41) is 0. The third-order valence-corrected chi connectivity index (χ3v) is 2.53. The quantitative estimate of drug-likeness (QED) is 0.706. The van der Waals surface area contributed by atoms with E-state index in [2.05, 4.69) is 20.8 Å². The van der Waals surface area contributed by atoms with Crippen LogP contribution in [0, 0.1) is 0 Å². The van der Waals surface area contributed by atoms with Gasteiger partial charge in [-0.05, 0) is 26.2 Å². The molecule has 0 aliphatic heterocycles. The predicted octanol–water partition coefficient (Wildman–Crippen LogP) is 2.15. The van der Waals surface area contributed by atoms with E-state index in [0.717, 1.165) is 38.8 Å². The first-order valence-corrected chi connectivity index (χ1v) is 6.07. The van der Waals surface area contributed by atoms with E-state index in [-0.39, 0.29) is 5.91 Å². The fourth-order valence-electron chi connectivity index (χ4n) is 1.84. The van der Waals surface area contributed by atoms with Crippen LogP contribution >= 0.6 is 0 Å². The van der Waals surface area contributed by atoms with Crippen LogP contribution in [0.4, 0.5) is 0 Å². The maximum absolute atomic E-state index is 12.1. The lowest BCUT2D eigenvalue weighted by Crippen LogP contribution is -2.53. The highest BCUT2D eigenvalue weighted by Crippen LogP contribution is 2.13. The summed E-state index contributed by atoms with van der Waals surface area (Å²) >= 11 is 0. The summed E-state index contributed by atoms with van der Waals surface area (Å²) in [6, 6.07) is 0. The number of carbonyl (C=O) groups excluding carboxylic acids is 1. The van der Waals surface area contributed by atoms with Crippen molar-refractivity contribution >= 4 is 5.91 Å². The van der Waals surface area contributed by atoms with E-state index in [1.807, 2.05) is 11.8 Å². The number of amides is 1. The molecule has 0 aromatic rings. The Morgan fingerprint density at radius 2 is 1.60 bits per heavy atom. The van der Waals surface area contributed by atoms with Crippen molar-refractivity contribution in [2.45, 2.75) is 58.9 Å². The van der Waals surface area contributed by atoms with E-state index in [1.165, 1.54) is 0 Å². The number of hydrogen-bond acceptors (Lipinski definition) is 2. The van der Waals surface area contributed by atoms with Crippen LogP contribution in [-0.4, -0.2) is 29.4 Å². The van der Waals surface area contributed by atoms with Crippen LogP contribution in [0.1, 0.15) is 53.4 Å². The first-order valence-electron chi connectivity index (χ1n) is 6.07. The molecule has 0 aromatic heterocycles. The minimum Gasteiger partial charge on any atom is -0.341 e. The Balaban J connectivity index is 4.46. The van der Waals surface area contributed by atoms with Crippen molar-refractivity contribution in [3.8, 4) is 0 Å². The summed E-state index contributed by atoms with van der Waals surface area (Å²) in [6.07, 6.45) is 3.70. The van der Waals surface area contributed by atoms with Gasteiger partial charge in [0.05, 0.1) is 5.54 Å². The monoisotopic (exact) mass is 214 g/mol. The largest absolute Gasteiger partial charge is 0.341 e. The molecule has 0 rings (SSSR count). The number of nitrogens with zero attached hydrogens (tertiary/aromatic N) is 1. The molecule has 1 unspecified atom stereocenters. The molecule has 3 nitrogen and oxygen atoms in total. The van der Waals surface area contributed by atoms with Gasteiger partial charge in [-0.1, -0.05) is 27.2 Å². The summed E-state index contributed by atoms with van der Waals surface area (Å²) in [5.74, 6) is 0.105. The highest BCUT2D eigenvalue weighted by Gasteiger charge is 2.30. The van der Waals surface area contributed by atoms with Crippen molar-refractivity contribution < 1.29 is 4.79 Å². The van der Waals surface area contributed by atoms with Crippen LogP contribution in [0.2, 0.25) is 0 Å². The standard InChI is InChI=1S/C12H26N2O/c1-5-8-12(4,13)11(15)14(9-6-2)10-7-3/h5-10,13H2,1-4H3. The molecule has 1 amide bonds. The highest BCUT2D eigenvalue weighted by molar-refractivity contribution is 5.85. The minimum absolute atomic E-state index is 0.105. The van der Waals surface area contributed by atoms with Crippen molar-refractivity contribution in [2.24, 2.45) is 5.73 Å². The summed E-state index contributed by atoms with van der Waals surface area (Å²) in [7, 11) is 0. The zero-order valence-corrected chi connectivity index (χ0v) is 10.7. The molecule has 0 saturated heterocycles. The Morgan fingerprint density at radius 1 is 1.13 bits per heavy atom. The Bertz CT molecular complexity index is 184. The zero-order chi connectivity index (χ0) is 11.9. The van der Waals surface area contributed by atoms with E-state index in [9.17, 15) is 4.79 Å². The minimum atomic E-state index is -0.681. The number of nitrogens with two attached hydrogens (primary N) is 1. The van der Waals surface area contributed by atoms with Crippen LogP contribution in [0.3, 0.4) is 0 Å². The smallest absolute Gasteiger partial charge is 0.242 e. The van der Waals surface area contributed by atoms with Gasteiger partial charge in [-0.3, -0.25) is 4.79 Å². The topological polar surface area (TPSA) is 46.3 Å². The molecule has 3 heteroatoms. The molecule has 0 aliphatic carbocycles. The predicted molar refractivity (Wildman–Crippen MR) is 64.7 cm³/mol. The van der Waals surface area contributed by atoms with Gasteiger partial charge in [-0.15, -0.1) is 0 Å². The lowest BCUT2D eigenvalue weighted by molar-refractivity contribution is -0.136. The molecule has 0 spiro atoms. The molecule has 90 valence electrons. The molecular weight excluding hydrogens is 188 g/mol. The maximum Gasteiger partial charge on any atom is 0.242 e. The van der Waals surface area contributed by atoms with Crippen LogP contribution < -0.4 is 5.73 Å². The van der Waals surface area contributed by atoms with Crippen LogP contribution in [0.25, 0.3) is 0 Å². The SMILES string of the molecule is CCCN(CCC)C(=O)C(C)(N)CCC. The van der Waals surface area contributed by atoms with E-state index in [1.54, 1.807) is 0 Å². The second-order valence-electron chi connectivity index (χ2n) is 4.46. The molecule has 0 saturated carbocycles. The molecule has 1 atom stereocenters. The van der Waals surface area contributed by atoms with Crippen molar-refractivity contribution in [2.75, 3.05) is 13.1 Å². The van der Waals surface area contributed by atoms with Crippen LogP contribution in [-0.2, 0) is 4.79 Å². The number of carbonyl (C=O) groups is 1. The molecule has 0 aliphatic rings. The molecule has 15 heavy (non-hydrogen) atoms. The molecule has 0 aromatic carbocycles. The van der Waals surface area contributed by atoms with E-state index in [4.69, 9.17) is 5.73 Å². The Kier molecular flexibility index (Phi) is 6.57. The van der Waals surface area contributed by atoms with Crippen molar-refractivity contribution in [3.63, 3.8) is 0 Å². The molecule has 0 heterocycles. The Labute approximate surface area is 94.0 Å². The van der Waals surface area contributed by atoms with Gasteiger partial charge in [0.1, 0.15) is 0 Å². The van der Waals surface area contributed by atoms with Gasteiger partial charge >= 0.3 is 0 Å². The fraction of sp³-hybridized carbons (Fsp3) is 0.917. The third-order valence-electron chi connectivity index (χ3n) is 2.53. The Morgan fingerprint density at radius 3 is 1.93 bits per heavy atom. The fourth-order valence-corrected chi connectivity index (χ4v) is 1.84. The van der Waals surface area contributed by atoms with Gasteiger partial charge in [-0.25, -0.2) is 0 Å². The first-order chi connectivity index (χ1) is 6.99. The number of hydrogen-bond donors (Lipinski definition) is 1. The second kappa shape index (κ2) is 6.83. The second-order valence-corrected chi connectivity index (χ2v) is 4.46. The van der Waals surface area contributed by atoms with Crippen molar-refractivity contribution in [3.05, 3.63) is 0 Å². The lowest BCUT2D eigenvalue weighted by atomic mass is 9.95. The number of rotatable bonds is 7. The summed E-state index contributed by atoms with van der Waals surface area (Å²) in [5.41, 5.74) is 5.36. The normalized spacial score (nSPS) is 14.7. The first kappa shape index (κ1) is 14.4. The van der Waals surface area contributed by atoms with E-state index < -0.39 is 5.54 Å². The lowest BCUT2D eigenvalue weighted by Gasteiger charge is -2.31. The zero-order valence-electron chi connectivity index (χ0n) is 10.7. The van der Waals surface area contributed by atoms with Gasteiger partial charge in [0.25, 0.3) is 0 Å². The molecule has 0 radical (unpaired) electrons. The Hall–Kier alpha value is -0.570. The van der Waals surface area contributed by atoms with Crippen LogP contribution in [0.15, 0.2) is 0 Å². The summed E-state index contributed by atoms with van der Waals surface area (Å²) in [4.78, 5) is 14.0. The molecule has 0 bridgehead atoms. The molecule has 2 N–H and O–H groups in total. The van der Waals surface area contributed by atoms with Crippen molar-refractivity contribution in [1.29, 1.82) is 0 Å². The van der Waals surface area contributed by atoms with Crippen LogP contribution in [0.5, 0.6) is 0 Å². The van der Waals surface area contributed by atoms with Gasteiger partial charge in [-0.2, -0.15) is 0 Å². The summed E-state index contributed by atoms with van der Waals surface area (Å²) in [6.45, 7) is 9.72. The average Bonchev–Trinajstić information content (AvgIpc) is 2.16.